The Hall–Kier alpha value is -1.47. The van der Waals surface area contributed by atoms with Gasteiger partial charge in [0.1, 0.15) is 0 Å². The van der Waals surface area contributed by atoms with E-state index in [1.807, 2.05) is 6.92 Å². The van der Waals surface area contributed by atoms with Gasteiger partial charge < -0.3 is 9.84 Å². The van der Waals surface area contributed by atoms with E-state index in [9.17, 15) is 4.79 Å². The highest BCUT2D eigenvalue weighted by Crippen LogP contribution is 2.12. The molecule has 1 aromatic heterocycles. The summed E-state index contributed by atoms with van der Waals surface area (Å²) in [6.07, 6.45) is 0.628. The SMILES string of the molecule is CCc1c(C(=O)O)nnn1CC1CN(CC(C)C)CCO1. The lowest BCUT2D eigenvalue weighted by Gasteiger charge is -2.33. The zero-order valence-electron chi connectivity index (χ0n) is 12.9. The van der Waals surface area contributed by atoms with Crippen LogP contribution in [0.3, 0.4) is 0 Å². The number of rotatable bonds is 6. The Kier molecular flexibility index (Phi) is 5.30. The Morgan fingerprint density at radius 2 is 2.29 bits per heavy atom. The van der Waals surface area contributed by atoms with Gasteiger partial charge in [-0.15, -0.1) is 5.10 Å². The lowest BCUT2D eigenvalue weighted by molar-refractivity contribution is -0.0409. The number of morpholine rings is 1. The van der Waals surface area contributed by atoms with Crippen molar-refractivity contribution >= 4 is 5.97 Å². The van der Waals surface area contributed by atoms with Crippen LogP contribution in [0.1, 0.15) is 37.0 Å². The molecule has 0 amide bonds. The first-order valence-corrected chi connectivity index (χ1v) is 7.50. The first kappa shape index (κ1) is 15.9. The van der Waals surface area contributed by atoms with E-state index < -0.39 is 5.97 Å². The Balaban J connectivity index is 2.02. The molecule has 0 aromatic carbocycles. The molecule has 1 N–H and O–H groups in total. The minimum absolute atomic E-state index is 0.0335. The molecule has 2 rings (SSSR count). The third-order valence-electron chi connectivity index (χ3n) is 3.60. The van der Waals surface area contributed by atoms with E-state index in [0.717, 1.165) is 19.6 Å². The van der Waals surface area contributed by atoms with Crippen LogP contribution in [0, 0.1) is 5.92 Å². The van der Waals surface area contributed by atoms with Crippen molar-refractivity contribution in [3.05, 3.63) is 11.4 Å². The van der Waals surface area contributed by atoms with Crippen LogP contribution >= 0.6 is 0 Å². The Bertz CT molecular complexity index is 487. The van der Waals surface area contributed by atoms with Crippen molar-refractivity contribution in [2.45, 2.75) is 39.8 Å². The number of carboxylic acid groups (broad SMARTS) is 1. The number of nitrogens with zero attached hydrogens (tertiary/aromatic N) is 4. The standard InChI is InChI=1S/C14H24N4O3/c1-4-12-13(14(19)20)15-16-18(12)9-11-8-17(5-6-21-11)7-10(2)3/h10-11H,4-9H2,1-3H3,(H,19,20). The van der Waals surface area contributed by atoms with Crippen molar-refractivity contribution in [3.63, 3.8) is 0 Å². The number of carboxylic acids is 1. The van der Waals surface area contributed by atoms with Crippen LogP contribution in [-0.4, -0.2) is 63.3 Å². The first-order chi connectivity index (χ1) is 10.0. The lowest BCUT2D eigenvalue weighted by Crippen LogP contribution is -2.45. The molecule has 21 heavy (non-hydrogen) atoms. The Morgan fingerprint density at radius 1 is 1.52 bits per heavy atom. The van der Waals surface area contributed by atoms with Crippen molar-refractivity contribution in [2.24, 2.45) is 5.92 Å². The van der Waals surface area contributed by atoms with Gasteiger partial charge >= 0.3 is 5.97 Å². The highest BCUT2D eigenvalue weighted by Gasteiger charge is 2.24. The number of hydrogen-bond acceptors (Lipinski definition) is 5. The van der Waals surface area contributed by atoms with Gasteiger partial charge in [0, 0.05) is 19.6 Å². The maximum Gasteiger partial charge on any atom is 0.358 e. The molecule has 2 heterocycles. The second kappa shape index (κ2) is 7.00. The van der Waals surface area contributed by atoms with E-state index in [1.165, 1.54) is 0 Å². The van der Waals surface area contributed by atoms with Crippen molar-refractivity contribution in [2.75, 3.05) is 26.2 Å². The van der Waals surface area contributed by atoms with Crippen molar-refractivity contribution in [1.82, 2.24) is 19.9 Å². The number of aromatic nitrogens is 3. The van der Waals surface area contributed by atoms with Gasteiger partial charge in [-0.05, 0) is 12.3 Å². The summed E-state index contributed by atoms with van der Waals surface area (Å²) in [7, 11) is 0. The largest absolute Gasteiger partial charge is 0.476 e. The topological polar surface area (TPSA) is 80.5 Å². The maximum atomic E-state index is 11.1. The molecule has 0 bridgehead atoms. The highest BCUT2D eigenvalue weighted by molar-refractivity contribution is 5.86. The number of ether oxygens (including phenoxy) is 1. The van der Waals surface area contributed by atoms with E-state index in [1.54, 1.807) is 4.68 Å². The molecule has 0 radical (unpaired) electrons. The lowest BCUT2D eigenvalue weighted by atomic mass is 10.1. The summed E-state index contributed by atoms with van der Waals surface area (Å²) in [6, 6.07) is 0. The summed E-state index contributed by atoms with van der Waals surface area (Å²) < 4.78 is 7.46. The molecule has 1 unspecified atom stereocenters. The third kappa shape index (κ3) is 4.01. The normalized spacial score (nSPS) is 20.1. The Morgan fingerprint density at radius 3 is 2.90 bits per heavy atom. The fourth-order valence-electron chi connectivity index (χ4n) is 2.76. The van der Waals surface area contributed by atoms with Gasteiger partial charge in [0.25, 0.3) is 0 Å². The van der Waals surface area contributed by atoms with Gasteiger partial charge in [-0.25, -0.2) is 9.48 Å². The second-order valence-corrected chi connectivity index (χ2v) is 5.87. The monoisotopic (exact) mass is 296 g/mol. The summed E-state index contributed by atoms with van der Waals surface area (Å²) in [4.78, 5) is 13.5. The van der Waals surface area contributed by atoms with E-state index >= 15 is 0 Å². The van der Waals surface area contributed by atoms with E-state index in [2.05, 4.69) is 29.1 Å². The molecular weight excluding hydrogens is 272 g/mol. The van der Waals surface area contributed by atoms with Gasteiger partial charge in [0.2, 0.25) is 0 Å². The summed E-state index contributed by atoms with van der Waals surface area (Å²) in [5, 5.41) is 16.8. The quantitative estimate of drug-likeness (QED) is 0.840. The van der Waals surface area contributed by atoms with Crippen LogP contribution in [0.25, 0.3) is 0 Å². The van der Waals surface area contributed by atoms with E-state index in [4.69, 9.17) is 9.84 Å². The molecule has 118 valence electrons. The maximum absolute atomic E-state index is 11.1. The van der Waals surface area contributed by atoms with Gasteiger partial charge in [-0.1, -0.05) is 26.0 Å². The highest BCUT2D eigenvalue weighted by atomic mass is 16.5. The summed E-state index contributed by atoms with van der Waals surface area (Å²) in [5.41, 5.74) is 0.708. The van der Waals surface area contributed by atoms with Gasteiger partial charge in [0.15, 0.2) is 5.69 Å². The minimum atomic E-state index is -1.02. The summed E-state index contributed by atoms with van der Waals surface area (Å²) in [5.74, 6) is -0.399. The number of carbonyl (C=O) groups is 1. The van der Waals surface area contributed by atoms with Gasteiger partial charge in [-0.3, -0.25) is 4.90 Å². The van der Waals surface area contributed by atoms with Crippen LogP contribution < -0.4 is 0 Å². The zero-order chi connectivity index (χ0) is 15.4. The predicted octanol–water partition coefficient (Wildman–Crippen LogP) is 0.895. The molecular formula is C14H24N4O3. The van der Waals surface area contributed by atoms with Crippen molar-refractivity contribution < 1.29 is 14.6 Å². The van der Waals surface area contributed by atoms with E-state index in [-0.39, 0.29) is 11.8 Å². The molecule has 7 nitrogen and oxygen atoms in total. The fourth-order valence-corrected chi connectivity index (χ4v) is 2.76. The first-order valence-electron chi connectivity index (χ1n) is 7.50. The van der Waals surface area contributed by atoms with Crippen LogP contribution in [-0.2, 0) is 17.7 Å². The van der Waals surface area contributed by atoms with Crippen LogP contribution in [0.2, 0.25) is 0 Å². The van der Waals surface area contributed by atoms with Crippen LogP contribution in [0.4, 0.5) is 0 Å². The molecule has 0 spiro atoms. The summed E-state index contributed by atoms with van der Waals surface area (Å²) in [6.45, 7) is 10.4. The molecule has 1 saturated heterocycles. The zero-order valence-corrected chi connectivity index (χ0v) is 12.9. The van der Waals surface area contributed by atoms with Crippen LogP contribution in [0.15, 0.2) is 0 Å². The molecule has 7 heteroatoms. The van der Waals surface area contributed by atoms with Gasteiger partial charge in [0.05, 0.1) is 24.9 Å². The van der Waals surface area contributed by atoms with Crippen LogP contribution in [0.5, 0.6) is 0 Å². The second-order valence-electron chi connectivity index (χ2n) is 5.87. The van der Waals surface area contributed by atoms with Crippen molar-refractivity contribution in [1.29, 1.82) is 0 Å². The molecule has 1 aliphatic heterocycles. The average Bonchev–Trinajstić information content (AvgIpc) is 2.81. The molecule has 1 atom stereocenters. The number of hydrogen-bond donors (Lipinski definition) is 1. The molecule has 0 aliphatic carbocycles. The molecule has 1 fully saturated rings. The third-order valence-corrected chi connectivity index (χ3v) is 3.60. The molecule has 0 saturated carbocycles. The molecule has 1 aromatic rings. The fraction of sp³-hybridized carbons (Fsp3) is 0.786. The van der Waals surface area contributed by atoms with E-state index in [0.29, 0.717) is 31.2 Å². The smallest absolute Gasteiger partial charge is 0.358 e. The minimum Gasteiger partial charge on any atom is -0.476 e. The Labute approximate surface area is 124 Å². The van der Waals surface area contributed by atoms with Crippen molar-refractivity contribution in [3.8, 4) is 0 Å². The predicted molar refractivity (Wildman–Crippen MR) is 77.4 cm³/mol. The average molecular weight is 296 g/mol. The van der Waals surface area contributed by atoms with Gasteiger partial charge in [-0.2, -0.15) is 0 Å². The summed E-state index contributed by atoms with van der Waals surface area (Å²) >= 11 is 0. The number of aromatic carboxylic acids is 1. The molecule has 1 aliphatic rings.